The van der Waals surface area contributed by atoms with E-state index in [4.69, 9.17) is 10.3 Å². The summed E-state index contributed by atoms with van der Waals surface area (Å²) in [7, 11) is 0. The molecule has 1 atom stereocenters. The summed E-state index contributed by atoms with van der Waals surface area (Å²) >= 11 is 0. The maximum Gasteiger partial charge on any atom is 0.227 e. The molecule has 1 fully saturated rings. The van der Waals surface area contributed by atoms with Crippen LogP contribution in [0.3, 0.4) is 0 Å². The first-order valence-corrected chi connectivity index (χ1v) is 7.20. The highest BCUT2D eigenvalue weighted by Crippen LogP contribution is 2.32. The number of rotatable bonds is 3. The SMILES string of the molecule is Cc1cc(C2CCCN2C(=O)Cc2ccc(N)cc2)on1. The van der Waals surface area contributed by atoms with E-state index < -0.39 is 0 Å². The number of hydrogen-bond acceptors (Lipinski definition) is 4. The molecule has 0 aliphatic carbocycles. The Hall–Kier alpha value is -2.30. The Morgan fingerprint density at radius 3 is 2.86 bits per heavy atom. The topological polar surface area (TPSA) is 72.4 Å². The van der Waals surface area contributed by atoms with E-state index in [9.17, 15) is 4.79 Å². The first kappa shape index (κ1) is 13.7. The molecule has 0 bridgehead atoms. The second-order valence-corrected chi connectivity index (χ2v) is 5.53. The zero-order valence-electron chi connectivity index (χ0n) is 12.1. The molecular weight excluding hydrogens is 266 g/mol. The number of amides is 1. The minimum absolute atomic E-state index is 0.0208. The van der Waals surface area contributed by atoms with Gasteiger partial charge in [-0.2, -0.15) is 0 Å². The van der Waals surface area contributed by atoms with Gasteiger partial charge in [-0.1, -0.05) is 17.3 Å². The summed E-state index contributed by atoms with van der Waals surface area (Å²) in [4.78, 5) is 14.4. The van der Waals surface area contributed by atoms with Crippen LogP contribution < -0.4 is 5.73 Å². The molecule has 1 unspecified atom stereocenters. The van der Waals surface area contributed by atoms with Gasteiger partial charge in [0.2, 0.25) is 5.91 Å². The Morgan fingerprint density at radius 1 is 1.43 bits per heavy atom. The first-order valence-electron chi connectivity index (χ1n) is 7.20. The third-order valence-corrected chi connectivity index (χ3v) is 3.88. The molecular formula is C16H19N3O2. The van der Waals surface area contributed by atoms with Gasteiger partial charge in [-0.05, 0) is 37.5 Å². The molecule has 1 saturated heterocycles. The Kier molecular flexibility index (Phi) is 3.64. The average Bonchev–Trinajstić information content (AvgIpc) is 3.09. The molecule has 1 aliphatic heterocycles. The first-order chi connectivity index (χ1) is 10.1. The fraction of sp³-hybridized carbons (Fsp3) is 0.375. The van der Waals surface area contributed by atoms with Crippen LogP contribution in [0.1, 0.15) is 35.9 Å². The van der Waals surface area contributed by atoms with Crippen LogP contribution in [0, 0.1) is 6.92 Å². The number of benzene rings is 1. The molecule has 0 spiro atoms. The second-order valence-electron chi connectivity index (χ2n) is 5.53. The lowest BCUT2D eigenvalue weighted by Gasteiger charge is -2.22. The van der Waals surface area contributed by atoms with Gasteiger partial charge in [0.05, 0.1) is 18.2 Å². The number of aryl methyl sites for hydroxylation is 1. The molecule has 5 heteroatoms. The summed E-state index contributed by atoms with van der Waals surface area (Å²) in [5, 5.41) is 3.92. The van der Waals surface area contributed by atoms with Crippen LogP contribution in [0.2, 0.25) is 0 Å². The summed E-state index contributed by atoms with van der Waals surface area (Å²) in [6.45, 7) is 2.67. The minimum atomic E-state index is 0.0208. The molecule has 2 aromatic rings. The highest BCUT2D eigenvalue weighted by Gasteiger charge is 2.32. The van der Waals surface area contributed by atoms with Crippen molar-refractivity contribution in [1.82, 2.24) is 10.1 Å². The molecule has 0 saturated carbocycles. The highest BCUT2D eigenvalue weighted by molar-refractivity contribution is 5.79. The van der Waals surface area contributed by atoms with Crippen LogP contribution in [0.25, 0.3) is 0 Å². The van der Waals surface area contributed by atoms with Gasteiger partial charge in [0, 0.05) is 18.3 Å². The van der Waals surface area contributed by atoms with Crippen molar-refractivity contribution in [1.29, 1.82) is 0 Å². The predicted molar refractivity (Wildman–Crippen MR) is 79.5 cm³/mol. The monoisotopic (exact) mass is 285 g/mol. The van der Waals surface area contributed by atoms with Crippen molar-refractivity contribution in [2.45, 2.75) is 32.2 Å². The van der Waals surface area contributed by atoms with Gasteiger partial charge in [-0.15, -0.1) is 0 Å². The average molecular weight is 285 g/mol. The second kappa shape index (κ2) is 5.60. The zero-order chi connectivity index (χ0) is 14.8. The summed E-state index contributed by atoms with van der Waals surface area (Å²) in [5.74, 6) is 0.909. The Morgan fingerprint density at radius 2 is 2.19 bits per heavy atom. The van der Waals surface area contributed by atoms with Crippen molar-refractivity contribution >= 4 is 11.6 Å². The number of anilines is 1. The van der Waals surface area contributed by atoms with Gasteiger partial charge in [-0.25, -0.2) is 0 Å². The molecule has 1 aromatic carbocycles. The maximum atomic E-state index is 12.5. The van der Waals surface area contributed by atoms with Crippen molar-refractivity contribution in [2.75, 3.05) is 12.3 Å². The minimum Gasteiger partial charge on any atom is -0.399 e. The van der Waals surface area contributed by atoms with E-state index >= 15 is 0 Å². The molecule has 1 aromatic heterocycles. The lowest BCUT2D eigenvalue weighted by molar-refractivity contribution is -0.131. The van der Waals surface area contributed by atoms with Crippen LogP contribution in [0.15, 0.2) is 34.9 Å². The summed E-state index contributed by atoms with van der Waals surface area (Å²) in [6.07, 6.45) is 2.32. The van der Waals surface area contributed by atoms with Gasteiger partial charge in [-0.3, -0.25) is 4.79 Å². The van der Waals surface area contributed by atoms with Crippen molar-refractivity contribution in [3.8, 4) is 0 Å². The normalized spacial score (nSPS) is 18.1. The zero-order valence-corrected chi connectivity index (χ0v) is 12.1. The lowest BCUT2D eigenvalue weighted by Crippen LogP contribution is -2.31. The predicted octanol–water partition coefficient (Wildman–Crippen LogP) is 2.47. The lowest BCUT2D eigenvalue weighted by atomic mass is 10.1. The van der Waals surface area contributed by atoms with Crippen LogP contribution in [-0.4, -0.2) is 22.5 Å². The molecule has 21 heavy (non-hydrogen) atoms. The molecule has 2 heterocycles. The van der Waals surface area contributed by atoms with Crippen LogP contribution in [-0.2, 0) is 11.2 Å². The van der Waals surface area contributed by atoms with Crippen LogP contribution >= 0.6 is 0 Å². The fourth-order valence-corrected chi connectivity index (χ4v) is 2.81. The molecule has 2 N–H and O–H groups in total. The molecule has 3 rings (SSSR count). The number of carbonyl (C=O) groups is 1. The van der Waals surface area contributed by atoms with E-state index in [1.54, 1.807) is 0 Å². The van der Waals surface area contributed by atoms with Gasteiger partial charge < -0.3 is 15.2 Å². The number of nitrogen functional groups attached to an aromatic ring is 1. The van der Waals surface area contributed by atoms with E-state index in [-0.39, 0.29) is 11.9 Å². The standard InChI is InChI=1S/C16H19N3O2/c1-11-9-15(21-18-11)14-3-2-8-19(14)16(20)10-12-4-6-13(17)7-5-12/h4-7,9,14H,2-3,8,10,17H2,1H3. The summed E-state index contributed by atoms with van der Waals surface area (Å²) in [5.41, 5.74) is 8.21. The molecule has 110 valence electrons. The van der Waals surface area contributed by atoms with Gasteiger partial charge in [0.1, 0.15) is 0 Å². The van der Waals surface area contributed by atoms with E-state index in [0.29, 0.717) is 12.1 Å². The van der Waals surface area contributed by atoms with Crippen LogP contribution in [0.5, 0.6) is 0 Å². The quantitative estimate of drug-likeness (QED) is 0.879. The third kappa shape index (κ3) is 2.91. The van der Waals surface area contributed by atoms with Gasteiger partial charge >= 0.3 is 0 Å². The van der Waals surface area contributed by atoms with Crippen molar-refractivity contribution < 1.29 is 9.32 Å². The van der Waals surface area contributed by atoms with E-state index in [1.165, 1.54) is 0 Å². The fourth-order valence-electron chi connectivity index (χ4n) is 2.81. The van der Waals surface area contributed by atoms with Crippen molar-refractivity contribution in [2.24, 2.45) is 0 Å². The van der Waals surface area contributed by atoms with Crippen molar-refractivity contribution in [3.63, 3.8) is 0 Å². The molecule has 5 nitrogen and oxygen atoms in total. The van der Waals surface area contributed by atoms with E-state index in [0.717, 1.165) is 36.4 Å². The summed E-state index contributed by atoms with van der Waals surface area (Å²) < 4.78 is 5.33. The molecule has 0 radical (unpaired) electrons. The number of hydrogen-bond donors (Lipinski definition) is 1. The number of likely N-dealkylation sites (tertiary alicyclic amines) is 1. The van der Waals surface area contributed by atoms with Crippen LogP contribution in [0.4, 0.5) is 5.69 Å². The number of nitrogens with zero attached hydrogens (tertiary/aromatic N) is 2. The number of nitrogens with two attached hydrogens (primary N) is 1. The van der Waals surface area contributed by atoms with Gasteiger partial charge in [0.15, 0.2) is 5.76 Å². The molecule has 1 amide bonds. The van der Waals surface area contributed by atoms with Gasteiger partial charge in [0.25, 0.3) is 0 Å². The molecule has 1 aliphatic rings. The Balaban J connectivity index is 1.72. The van der Waals surface area contributed by atoms with E-state index in [2.05, 4.69) is 5.16 Å². The number of carbonyl (C=O) groups excluding carboxylic acids is 1. The summed E-state index contributed by atoms with van der Waals surface area (Å²) in [6, 6.07) is 9.38. The smallest absolute Gasteiger partial charge is 0.227 e. The number of aromatic nitrogens is 1. The Bertz CT molecular complexity index is 633. The van der Waals surface area contributed by atoms with E-state index in [1.807, 2.05) is 42.2 Å². The Labute approximate surface area is 123 Å². The third-order valence-electron chi connectivity index (χ3n) is 3.88. The highest BCUT2D eigenvalue weighted by atomic mass is 16.5. The maximum absolute atomic E-state index is 12.5. The largest absolute Gasteiger partial charge is 0.399 e. The van der Waals surface area contributed by atoms with Crippen molar-refractivity contribution in [3.05, 3.63) is 47.3 Å².